The van der Waals surface area contributed by atoms with Crippen LogP contribution in [0.5, 0.6) is 0 Å². The smallest absolute Gasteiger partial charge is 0.279 e. The zero-order valence-electron chi connectivity index (χ0n) is 36.3. The maximum atomic E-state index is 10.7. The van der Waals surface area contributed by atoms with Crippen LogP contribution in [-0.2, 0) is 40.4 Å². The van der Waals surface area contributed by atoms with E-state index >= 15 is 0 Å². The second kappa shape index (κ2) is 26.6. The van der Waals surface area contributed by atoms with Crippen molar-refractivity contribution in [2.24, 2.45) is 0 Å². The fourth-order valence-electron chi connectivity index (χ4n) is 5.39. The molecule has 0 aliphatic heterocycles. The summed E-state index contributed by atoms with van der Waals surface area (Å²) >= 11 is 0. The van der Waals surface area contributed by atoms with Crippen molar-refractivity contribution in [2.45, 2.75) is 64.8 Å². The van der Waals surface area contributed by atoms with Crippen molar-refractivity contribution in [3.05, 3.63) is 201 Å². The van der Waals surface area contributed by atoms with E-state index in [1.807, 2.05) is 32.1 Å². The summed E-state index contributed by atoms with van der Waals surface area (Å²) in [7, 11) is -7.08. The molecule has 63 heavy (non-hydrogen) atoms. The van der Waals surface area contributed by atoms with Gasteiger partial charge in [-0.15, -0.1) is 0 Å². The molecule has 13 heteroatoms. The van der Waals surface area contributed by atoms with Gasteiger partial charge in [0, 0.05) is 45.0 Å². The Morgan fingerprint density at radius 2 is 0.714 bits per heavy atom. The molecule has 0 bridgehead atoms. The van der Waals surface area contributed by atoms with E-state index in [0.29, 0.717) is 0 Å². The minimum Gasteiger partial charge on any atom is -0.279 e. The number of nitriles is 1. The average Bonchev–Trinajstić information content (AvgIpc) is 3.84. The quantitative estimate of drug-likeness (QED) is 0.0772. The summed E-state index contributed by atoms with van der Waals surface area (Å²) in [5.41, 5.74) is -0.778. The first-order valence-corrected chi connectivity index (χ1v) is 23.7. The maximum absolute atomic E-state index is 10.7. The summed E-state index contributed by atoms with van der Waals surface area (Å²) < 4.78 is 57.5. The van der Waals surface area contributed by atoms with E-state index in [0.717, 1.165) is 11.4 Å². The number of aromatic nitrogens is 2. The van der Waals surface area contributed by atoms with Crippen LogP contribution in [0.3, 0.4) is 0 Å². The Hall–Kier alpha value is -4.15. The van der Waals surface area contributed by atoms with Crippen molar-refractivity contribution < 1.29 is 45.6 Å². The number of rotatable bonds is 6. The molecule has 5 radical (unpaired) electrons. The standard InChI is InChI=1S/2C21H22NP.C5H5.C2H3N.CHF3O3S.Ru/c2*1-21(2,3)19-15-10-16-20(22-19)23(17-11-6-4-7-12-17)18-13-8-5-9-14-18;1-2-4-5-3-1;1-2-3;2-1(3,4)8(5,6)7;/h2*4-16H,1-3H3;1-5H;1H3;(H,5,6,7);/q;;;;;+2. The Morgan fingerprint density at radius 1 is 0.492 bits per heavy atom. The molecular formula is C50H53F3N3O3P2RuS+2. The molecule has 2 aromatic heterocycles. The first-order chi connectivity index (χ1) is 29.3. The molecule has 0 saturated heterocycles. The number of pyridine rings is 2. The van der Waals surface area contributed by atoms with Gasteiger partial charge in [-0.1, -0.05) is 175 Å². The van der Waals surface area contributed by atoms with Gasteiger partial charge in [-0.2, -0.15) is 26.9 Å². The van der Waals surface area contributed by atoms with E-state index in [1.165, 1.54) is 39.0 Å². The van der Waals surface area contributed by atoms with Crippen LogP contribution in [0.1, 0.15) is 59.9 Å². The summed E-state index contributed by atoms with van der Waals surface area (Å²) in [5.74, 6) is 0. The number of hydrogen-bond donors (Lipinski definition) is 1. The summed E-state index contributed by atoms with van der Waals surface area (Å²) in [5, 5.41) is 12.7. The van der Waals surface area contributed by atoms with Gasteiger partial charge in [0.25, 0.3) is 0 Å². The Morgan fingerprint density at radius 3 is 0.905 bits per heavy atom. The van der Waals surface area contributed by atoms with Crippen molar-refractivity contribution in [1.82, 2.24) is 9.97 Å². The molecule has 6 nitrogen and oxygen atoms in total. The SMILES string of the molecule is CC#N.CC(C)(C)c1cccc(P(c2ccccc2)c2ccccc2)n1.CC(C)(C)c1cccc(P(c2ccccc2)c2ccccc2)n1.O=S(=O)(O)C(F)(F)F.[CH]1[CH][CH][CH][CH]1.[Ru+2]. The predicted octanol–water partition coefficient (Wildman–Crippen LogP) is 10.2. The Balaban J connectivity index is 0.000000319. The number of hydrogen-bond acceptors (Lipinski definition) is 5. The molecule has 7 rings (SSSR count). The van der Waals surface area contributed by atoms with E-state index < -0.39 is 31.5 Å². The maximum Gasteiger partial charge on any atom is 2.00 e. The van der Waals surface area contributed by atoms with Gasteiger partial charge in [-0.25, -0.2) is 0 Å². The van der Waals surface area contributed by atoms with Crippen LogP contribution in [0.15, 0.2) is 158 Å². The van der Waals surface area contributed by atoms with Gasteiger partial charge in [0.15, 0.2) is 0 Å². The summed E-state index contributed by atoms with van der Waals surface area (Å²) in [6, 6.07) is 57.5. The third kappa shape index (κ3) is 18.8. The second-order valence-electron chi connectivity index (χ2n) is 15.4. The number of halogens is 3. The fourth-order valence-corrected chi connectivity index (χ4v) is 9.81. The monoisotopic (exact) mass is 996 g/mol. The van der Waals surface area contributed by atoms with Crippen LogP contribution < -0.4 is 32.1 Å². The summed E-state index contributed by atoms with van der Waals surface area (Å²) in [6.45, 7) is 14.7. The van der Waals surface area contributed by atoms with Gasteiger partial charge in [-0.3, -0.25) is 14.5 Å². The topological polar surface area (TPSA) is 104 Å². The Bertz CT molecular complexity index is 2130. The molecular weight excluding hydrogens is 943 g/mol. The molecule has 1 aliphatic carbocycles. The van der Waals surface area contributed by atoms with E-state index in [4.69, 9.17) is 28.2 Å². The molecule has 2 heterocycles. The van der Waals surface area contributed by atoms with Gasteiger partial charge < -0.3 is 0 Å². The third-order valence-electron chi connectivity index (χ3n) is 8.37. The van der Waals surface area contributed by atoms with Gasteiger partial charge >= 0.3 is 35.1 Å². The van der Waals surface area contributed by atoms with Crippen molar-refractivity contribution in [3.8, 4) is 6.07 Å². The number of benzene rings is 4. The van der Waals surface area contributed by atoms with E-state index in [2.05, 4.69) is 199 Å². The normalized spacial score (nSPS) is 12.3. The third-order valence-corrected chi connectivity index (χ3v) is 13.6. The minimum absolute atomic E-state index is 0. The first-order valence-electron chi connectivity index (χ1n) is 19.5. The molecule has 1 fully saturated rings. The van der Waals surface area contributed by atoms with Gasteiger partial charge in [0.2, 0.25) is 0 Å². The second-order valence-corrected chi connectivity index (χ2v) is 21.1. The van der Waals surface area contributed by atoms with Gasteiger partial charge in [-0.05, 0) is 77.6 Å². The molecule has 0 atom stereocenters. The van der Waals surface area contributed by atoms with Crippen LogP contribution in [-0.4, -0.2) is 28.4 Å². The first kappa shape index (κ1) is 55.0. The Kier molecular flexibility index (Phi) is 23.2. The summed E-state index contributed by atoms with van der Waals surface area (Å²) in [6.07, 6.45) is 10.0. The van der Waals surface area contributed by atoms with Crippen molar-refractivity contribution in [2.75, 3.05) is 0 Å². The van der Waals surface area contributed by atoms with Gasteiger partial charge in [0.05, 0.1) is 16.9 Å². The van der Waals surface area contributed by atoms with Crippen molar-refractivity contribution in [1.29, 1.82) is 5.26 Å². The van der Waals surface area contributed by atoms with Crippen molar-refractivity contribution >= 4 is 58.0 Å². The molecule has 1 N–H and O–H groups in total. The predicted molar refractivity (Wildman–Crippen MR) is 254 cm³/mol. The zero-order chi connectivity index (χ0) is 45.8. The van der Waals surface area contributed by atoms with Crippen molar-refractivity contribution in [3.63, 3.8) is 0 Å². The molecule has 0 amide bonds. The number of alkyl halides is 3. The molecule has 4 aromatic carbocycles. The average molecular weight is 996 g/mol. The molecule has 0 spiro atoms. The number of nitrogens with zero attached hydrogens (tertiary/aromatic N) is 3. The van der Waals surface area contributed by atoms with E-state index in [9.17, 15) is 13.2 Å². The minimum atomic E-state index is -5.84. The van der Waals surface area contributed by atoms with Crippen LogP contribution in [0.25, 0.3) is 0 Å². The molecule has 0 unspecified atom stereocenters. The zero-order valence-corrected chi connectivity index (χ0v) is 40.6. The molecule has 1 aliphatic rings. The molecule has 1 saturated carbocycles. The van der Waals surface area contributed by atoms with Gasteiger partial charge in [0.1, 0.15) is 0 Å². The van der Waals surface area contributed by atoms with Crippen LogP contribution in [0.2, 0.25) is 0 Å². The van der Waals surface area contributed by atoms with E-state index in [-0.39, 0.29) is 30.3 Å². The van der Waals surface area contributed by atoms with Crippen LogP contribution >= 0.6 is 15.8 Å². The summed E-state index contributed by atoms with van der Waals surface area (Å²) in [4.78, 5) is 10.1. The van der Waals surface area contributed by atoms with Crippen LogP contribution in [0, 0.1) is 43.4 Å². The largest absolute Gasteiger partial charge is 2.00 e. The Labute approximate surface area is 388 Å². The van der Waals surface area contributed by atoms with E-state index in [1.54, 1.807) is 6.07 Å². The molecule has 329 valence electrons. The fraction of sp³-hybridized carbons (Fsp3) is 0.200. The van der Waals surface area contributed by atoms with Crippen LogP contribution in [0.4, 0.5) is 13.2 Å². The molecule has 6 aromatic rings.